The summed E-state index contributed by atoms with van der Waals surface area (Å²) in [7, 11) is 0. The molecule has 0 aliphatic rings. The molecule has 0 fully saturated rings. The monoisotopic (exact) mass is 611 g/mol. The third kappa shape index (κ3) is 3.98. The maximum Gasteiger partial charge on any atom is 0.460 e. The SMILES string of the molecule is Nc1ccc(C(F)(F)C(F)(F)C(F)(F)C(F)(F)C(F)(F)C(F)(F)C(F)(F)C(F)(F)C(F)(F)C(F)(F)F)cc1. The fourth-order valence-corrected chi connectivity index (χ4v) is 2.43. The van der Waals surface area contributed by atoms with E-state index in [0.29, 0.717) is 0 Å². The highest BCUT2D eigenvalue weighted by Crippen LogP contribution is 2.66. The molecule has 222 valence electrons. The Morgan fingerprint density at radius 2 is 0.579 bits per heavy atom. The fraction of sp³-hybridized carbons (Fsp3) is 0.625. The van der Waals surface area contributed by atoms with Gasteiger partial charge in [0.2, 0.25) is 0 Å². The van der Waals surface area contributed by atoms with Gasteiger partial charge >= 0.3 is 59.5 Å². The lowest BCUT2D eigenvalue weighted by Crippen LogP contribution is -2.76. The summed E-state index contributed by atoms with van der Waals surface area (Å²) in [6, 6.07) is -0.250. The Morgan fingerprint density at radius 1 is 0.342 bits per heavy atom. The first kappa shape index (κ1) is 33.6. The Labute approximate surface area is 194 Å². The predicted molar refractivity (Wildman–Crippen MR) is 80.4 cm³/mol. The molecule has 22 heteroatoms. The highest BCUT2D eigenvalue weighted by molar-refractivity contribution is 5.41. The molecule has 2 N–H and O–H groups in total. The van der Waals surface area contributed by atoms with Crippen molar-refractivity contribution in [1.29, 1.82) is 0 Å². The van der Waals surface area contributed by atoms with Crippen molar-refractivity contribution in [2.75, 3.05) is 5.73 Å². The van der Waals surface area contributed by atoms with Gasteiger partial charge in [-0.3, -0.25) is 0 Å². The molecular weight excluding hydrogens is 605 g/mol. The number of nitrogens with two attached hydrogens (primary N) is 1. The molecule has 1 aromatic rings. The Morgan fingerprint density at radius 3 is 0.842 bits per heavy atom. The smallest absolute Gasteiger partial charge is 0.399 e. The van der Waals surface area contributed by atoms with Crippen LogP contribution in [-0.2, 0) is 5.92 Å². The summed E-state index contributed by atoms with van der Waals surface area (Å²) in [5.74, 6) is -77.2. The van der Waals surface area contributed by atoms with Crippen LogP contribution >= 0.6 is 0 Å². The number of halogens is 21. The summed E-state index contributed by atoms with van der Waals surface area (Å²) in [5.41, 5.74) is 1.86. The van der Waals surface area contributed by atoms with Gasteiger partial charge in [0.05, 0.1) is 0 Å². The van der Waals surface area contributed by atoms with Crippen LogP contribution in [-0.4, -0.2) is 53.6 Å². The average Bonchev–Trinajstić information content (AvgIpc) is 2.72. The van der Waals surface area contributed by atoms with E-state index in [4.69, 9.17) is 5.73 Å². The molecule has 1 rings (SSSR count). The molecule has 0 amide bonds. The molecule has 0 unspecified atom stereocenters. The molecule has 1 nitrogen and oxygen atoms in total. The zero-order chi connectivity index (χ0) is 31.0. The van der Waals surface area contributed by atoms with Crippen LogP contribution in [0.2, 0.25) is 0 Å². The van der Waals surface area contributed by atoms with Crippen LogP contribution in [0.15, 0.2) is 24.3 Å². The molecule has 0 heterocycles. The van der Waals surface area contributed by atoms with Gasteiger partial charge in [-0.15, -0.1) is 0 Å². The van der Waals surface area contributed by atoms with Crippen LogP contribution in [0.3, 0.4) is 0 Å². The van der Waals surface area contributed by atoms with E-state index < -0.39 is 70.7 Å². The third-order valence-electron chi connectivity index (χ3n) is 4.78. The van der Waals surface area contributed by atoms with E-state index in [2.05, 4.69) is 0 Å². The van der Waals surface area contributed by atoms with Crippen LogP contribution in [0, 0.1) is 0 Å². The molecule has 0 saturated carbocycles. The summed E-state index contributed by atoms with van der Waals surface area (Å²) >= 11 is 0. The maximum absolute atomic E-state index is 14.0. The fourth-order valence-electron chi connectivity index (χ4n) is 2.43. The van der Waals surface area contributed by atoms with Crippen LogP contribution in [0.4, 0.5) is 97.9 Å². The van der Waals surface area contributed by atoms with E-state index in [9.17, 15) is 92.2 Å². The van der Waals surface area contributed by atoms with Crippen molar-refractivity contribution in [1.82, 2.24) is 0 Å². The van der Waals surface area contributed by atoms with Gasteiger partial charge in [0.1, 0.15) is 0 Å². The van der Waals surface area contributed by atoms with Crippen molar-refractivity contribution in [3.63, 3.8) is 0 Å². The standard InChI is InChI=1S/C16H6F21N/c17-7(18,5-1-3-6(38)4-2-5)8(19,20)9(21,22)10(23,24)11(25,26)12(27,28)13(29,30)14(31,32)15(33,34)16(35,36)37/h1-4H,38H2. The number of hydrogen-bond acceptors (Lipinski definition) is 1. The van der Waals surface area contributed by atoms with Gasteiger partial charge in [0.15, 0.2) is 0 Å². The van der Waals surface area contributed by atoms with Crippen molar-refractivity contribution in [3.8, 4) is 0 Å². The number of rotatable bonds is 9. The minimum atomic E-state index is -9.18. The Kier molecular flexibility index (Phi) is 7.53. The minimum absolute atomic E-state index is 0.196. The van der Waals surface area contributed by atoms with Gasteiger partial charge in [-0.05, 0) is 12.1 Å². The minimum Gasteiger partial charge on any atom is -0.399 e. The molecule has 1 aromatic carbocycles. The van der Waals surface area contributed by atoms with Crippen LogP contribution in [0.25, 0.3) is 0 Å². The highest BCUT2D eigenvalue weighted by Gasteiger charge is 2.97. The van der Waals surface area contributed by atoms with Crippen molar-refractivity contribution in [2.24, 2.45) is 0 Å². The molecular formula is C16H6F21N. The number of benzene rings is 1. The second-order valence-electron chi connectivity index (χ2n) is 7.29. The summed E-state index contributed by atoms with van der Waals surface area (Å²) < 4.78 is 279. The average molecular weight is 611 g/mol. The maximum atomic E-state index is 14.0. The van der Waals surface area contributed by atoms with E-state index >= 15 is 0 Å². The van der Waals surface area contributed by atoms with Crippen molar-refractivity contribution < 1.29 is 92.2 Å². The van der Waals surface area contributed by atoms with E-state index in [1.165, 1.54) is 0 Å². The first-order valence-electron chi connectivity index (χ1n) is 8.58. The van der Waals surface area contributed by atoms with Gasteiger partial charge in [-0.2, -0.15) is 92.2 Å². The molecule has 0 saturated heterocycles. The Bertz CT molecular complexity index is 1000. The highest BCUT2D eigenvalue weighted by atomic mass is 19.4. The van der Waals surface area contributed by atoms with Crippen LogP contribution in [0.5, 0.6) is 0 Å². The Hall–Kier alpha value is -2.45. The van der Waals surface area contributed by atoms with Gasteiger partial charge < -0.3 is 5.73 Å². The number of anilines is 1. The predicted octanol–water partition coefficient (Wildman–Crippen LogP) is 8.01. The molecule has 0 spiro atoms. The normalized spacial score (nSPS) is 16.1. The molecule has 0 radical (unpaired) electrons. The second kappa shape index (κ2) is 8.52. The molecule has 0 aliphatic heterocycles. The lowest BCUT2D eigenvalue weighted by Gasteiger charge is -2.44. The van der Waals surface area contributed by atoms with E-state index in [1.807, 2.05) is 0 Å². The Balaban J connectivity index is 3.81. The van der Waals surface area contributed by atoms with Crippen LogP contribution < -0.4 is 5.73 Å². The van der Waals surface area contributed by atoms with Crippen molar-refractivity contribution >= 4 is 5.69 Å². The first-order chi connectivity index (χ1) is 16.2. The number of nitrogen functional groups attached to an aromatic ring is 1. The number of alkyl halides is 21. The van der Waals surface area contributed by atoms with E-state index in [1.54, 1.807) is 0 Å². The summed E-state index contributed by atoms with van der Waals surface area (Å²) in [4.78, 5) is 0. The first-order valence-corrected chi connectivity index (χ1v) is 8.58. The topological polar surface area (TPSA) is 26.0 Å². The van der Waals surface area contributed by atoms with E-state index in [0.717, 1.165) is 0 Å². The zero-order valence-electron chi connectivity index (χ0n) is 16.8. The third-order valence-corrected chi connectivity index (χ3v) is 4.78. The van der Waals surface area contributed by atoms with Crippen molar-refractivity contribution in [2.45, 2.75) is 59.5 Å². The molecule has 0 atom stereocenters. The molecule has 38 heavy (non-hydrogen) atoms. The van der Waals surface area contributed by atoms with Gasteiger partial charge in [0, 0.05) is 11.3 Å². The lowest BCUT2D eigenvalue weighted by atomic mass is 9.85. The largest absolute Gasteiger partial charge is 0.460 e. The van der Waals surface area contributed by atoms with Gasteiger partial charge in [-0.1, -0.05) is 12.1 Å². The summed E-state index contributed by atoms with van der Waals surface area (Å²) in [5, 5.41) is 0. The lowest BCUT2D eigenvalue weighted by molar-refractivity contribution is -0.474. The summed E-state index contributed by atoms with van der Waals surface area (Å²) in [6.45, 7) is 0. The quantitative estimate of drug-likeness (QED) is 0.222. The van der Waals surface area contributed by atoms with Crippen LogP contribution in [0.1, 0.15) is 5.56 Å². The van der Waals surface area contributed by atoms with Crippen molar-refractivity contribution in [3.05, 3.63) is 29.8 Å². The summed E-state index contributed by atoms with van der Waals surface area (Å²) in [6.07, 6.45) is -8.01. The van der Waals surface area contributed by atoms with E-state index in [-0.39, 0.29) is 24.3 Å². The number of hydrogen-bond donors (Lipinski definition) is 1. The second-order valence-corrected chi connectivity index (χ2v) is 7.29. The molecule has 0 aliphatic carbocycles. The molecule has 0 bridgehead atoms. The molecule has 0 aromatic heterocycles. The van der Waals surface area contributed by atoms with Gasteiger partial charge in [-0.25, -0.2) is 0 Å². The van der Waals surface area contributed by atoms with Gasteiger partial charge in [0.25, 0.3) is 0 Å². The zero-order valence-corrected chi connectivity index (χ0v) is 16.8.